The van der Waals surface area contributed by atoms with Crippen LogP contribution in [0.2, 0.25) is 0 Å². The van der Waals surface area contributed by atoms with Gasteiger partial charge >= 0.3 is 0 Å². The lowest BCUT2D eigenvalue weighted by Gasteiger charge is -2.34. The molecule has 5 rings (SSSR count). The number of carbonyl (C=O) groups excluding carboxylic acids is 1. The van der Waals surface area contributed by atoms with E-state index in [2.05, 4.69) is 15.5 Å². The summed E-state index contributed by atoms with van der Waals surface area (Å²) < 4.78 is 44.5. The fourth-order valence-electron chi connectivity index (χ4n) is 3.75. The van der Waals surface area contributed by atoms with Crippen molar-refractivity contribution in [2.45, 2.75) is 11.0 Å². The van der Waals surface area contributed by atoms with E-state index >= 15 is 0 Å². The molecule has 1 aliphatic rings. The third-order valence-corrected chi connectivity index (χ3v) is 8.35. The number of nitrogens with one attached hydrogen (secondary N) is 1. The Morgan fingerprint density at radius 3 is 2.30 bits per heavy atom. The standard InChI is InChI=1S/C25H22N4O6S2/c1-33-17-9-7-16(8-10-17)24-27-28-25(36-24)26-23(30)22-15-29(20-5-3-4-6-21(20)35-22)37(31,32)19-13-11-18(34-2)12-14-19/h3-14,22H,15H2,1-2H3,(H,26,28,30). The molecule has 0 aliphatic carbocycles. The number of anilines is 2. The number of para-hydroxylation sites is 2. The molecule has 1 N–H and O–H groups in total. The number of aromatic nitrogens is 2. The summed E-state index contributed by atoms with van der Waals surface area (Å²) in [5.41, 5.74) is 1.17. The van der Waals surface area contributed by atoms with E-state index in [0.29, 0.717) is 22.2 Å². The number of sulfonamides is 1. The van der Waals surface area contributed by atoms with E-state index in [9.17, 15) is 13.2 Å². The maximum Gasteiger partial charge on any atom is 0.269 e. The number of methoxy groups -OCH3 is 2. The molecule has 10 nitrogen and oxygen atoms in total. The van der Waals surface area contributed by atoms with Crippen LogP contribution in [0, 0.1) is 0 Å². The van der Waals surface area contributed by atoms with Gasteiger partial charge in [0.1, 0.15) is 22.3 Å². The SMILES string of the molecule is COc1ccc(-c2nnc(NC(=O)C3CN(S(=O)(=O)c4ccc(OC)cc4)c4ccccc4O3)s2)cc1. The molecule has 37 heavy (non-hydrogen) atoms. The number of nitrogens with zero attached hydrogens (tertiary/aromatic N) is 3. The Morgan fingerprint density at radius 1 is 0.973 bits per heavy atom. The van der Waals surface area contributed by atoms with Gasteiger partial charge in [-0.05, 0) is 60.7 Å². The summed E-state index contributed by atoms with van der Waals surface area (Å²) >= 11 is 1.19. The van der Waals surface area contributed by atoms with Gasteiger partial charge in [0.05, 0.1) is 31.3 Å². The number of amides is 1. The molecular weight excluding hydrogens is 516 g/mol. The zero-order chi connectivity index (χ0) is 26.0. The number of ether oxygens (including phenoxy) is 3. The Morgan fingerprint density at radius 2 is 1.62 bits per heavy atom. The van der Waals surface area contributed by atoms with Crippen molar-refractivity contribution in [3.63, 3.8) is 0 Å². The lowest BCUT2D eigenvalue weighted by molar-refractivity contribution is -0.122. The van der Waals surface area contributed by atoms with Crippen LogP contribution >= 0.6 is 11.3 Å². The Balaban J connectivity index is 1.37. The molecule has 3 aromatic carbocycles. The second-order valence-electron chi connectivity index (χ2n) is 7.92. The van der Waals surface area contributed by atoms with Crippen LogP contribution in [0.3, 0.4) is 0 Å². The van der Waals surface area contributed by atoms with Gasteiger partial charge in [0, 0.05) is 5.56 Å². The monoisotopic (exact) mass is 538 g/mol. The predicted octanol–water partition coefficient (Wildman–Crippen LogP) is 3.82. The number of benzene rings is 3. The van der Waals surface area contributed by atoms with Crippen molar-refractivity contribution in [2.75, 3.05) is 30.4 Å². The summed E-state index contributed by atoms with van der Waals surface area (Å²) in [4.78, 5) is 13.2. The van der Waals surface area contributed by atoms with Crippen molar-refractivity contribution in [3.05, 3.63) is 72.8 Å². The van der Waals surface area contributed by atoms with E-state index in [-0.39, 0.29) is 22.3 Å². The maximum atomic E-state index is 13.6. The molecule has 1 amide bonds. The number of rotatable bonds is 7. The fraction of sp³-hybridized carbons (Fsp3) is 0.160. The highest BCUT2D eigenvalue weighted by Gasteiger charge is 2.37. The molecule has 0 bridgehead atoms. The smallest absolute Gasteiger partial charge is 0.269 e. The van der Waals surface area contributed by atoms with Crippen LogP contribution in [0.25, 0.3) is 10.6 Å². The van der Waals surface area contributed by atoms with Crippen molar-refractivity contribution in [1.29, 1.82) is 0 Å². The van der Waals surface area contributed by atoms with Crippen molar-refractivity contribution >= 4 is 38.1 Å². The Bertz CT molecular complexity index is 1520. The minimum absolute atomic E-state index is 0.0671. The van der Waals surface area contributed by atoms with Gasteiger partial charge in [0.15, 0.2) is 6.10 Å². The van der Waals surface area contributed by atoms with Gasteiger partial charge in [-0.1, -0.05) is 23.5 Å². The third-order valence-electron chi connectivity index (χ3n) is 5.67. The predicted molar refractivity (Wildman–Crippen MR) is 139 cm³/mol. The molecule has 1 unspecified atom stereocenters. The van der Waals surface area contributed by atoms with E-state index in [4.69, 9.17) is 14.2 Å². The zero-order valence-electron chi connectivity index (χ0n) is 19.8. The zero-order valence-corrected chi connectivity index (χ0v) is 21.5. The summed E-state index contributed by atoms with van der Waals surface area (Å²) in [6.07, 6.45) is -1.11. The normalized spacial score (nSPS) is 14.9. The fourth-order valence-corrected chi connectivity index (χ4v) is 5.98. The third kappa shape index (κ3) is 4.93. The Hall–Kier alpha value is -4.16. The molecule has 12 heteroatoms. The molecule has 1 atom stereocenters. The highest BCUT2D eigenvalue weighted by Crippen LogP contribution is 2.37. The van der Waals surface area contributed by atoms with Gasteiger partial charge in [-0.3, -0.25) is 14.4 Å². The second-order valence-corrected chi connectivity index (χ2v) is 10.8. The van der Waals surface area contributed by atoms with Crippen LogP contribution in [-0.2, 0) is 14.8 Å². The molecule has 1 aromatic heterocycles. The first-order valence-corrected chi connectivity index (χ1v) is 13.4. The van der Waals surface area contributed by atoms with Crippen molar-refractivity contribution in [1.82, 2.24) is 10.2 Å². The first kappa shape index (κ1) is 24.5. The first-order chi connectivity index (χ1) is 17.9. The molecule has 1 aliphatic heterocycles. The molecule has 0 saturated heterocycles. The minimum atomic E-state index is -4.00. The minimum Gasteiger partial charge on any atom is -0.497 e. The number of hydrogen-bond donors (Lipinski definition) is 1. The van der Waals surface area contributed by atoms with Crippen LogP contribution < -0.4 is 23.8 Å². The average Bonchev–Trinajstić information content (AvgIpc) is 3.40. The van der Waals surface area contributed by atoms with E-state index in [1.807, 2.05) is 12.1 Å². The number of hydrogen-bond acceptors (Lipinski definition) is 9. The van der Waals surface area contributed by atoms with Crippen LogP contribution in [-0.4, -0.2) is 51.4 Å². The summed E-state index contributed by atoms with van der Waals surface area (Å²) in [7, 11) is -0.906. The molecule has 190 valence electrons. The molecule has 0 fully saturated rings. The van der Waals surface area contributed by atoms with Crippen molar-refractivity contribution in [3.8, 4) is 27.8 Å². The molecule has 0 saturated carbocycles. The lowest BCUT2D eigenvalue weighted by atomic mass is 10.2. The van der Waals surface area contributed by atoms with E-state index < -0.39 is 22.0 Å². The van der Waals surface area contributed by atoms with E-state index in [0.717, 1.165) is 5.56 Å². The quantitative estimate of drug-likeness (QED) is 0.377. The van der Waals surface area contributed by atoms with Gasteiger partial charge in [-0.2, -0.15) is 0 Å². The van der Waals surface area contributed by atoms with Gasteiger partial charge in [0.2, 0.25) is 5.13 Å². The highest BCUT2D eigenvalue weighted by molar-refractivity contribution is 7.92. The molecule has 4 aromatic rings. The number of carbonyl (C=O) groups is 1. The topological polar surface area (TPSA) is 120 Å². The van der Waals surface area contributed by atoms with E-state index in [1.54, 1.807) is 55.6 Å². The average molecular weight is 539 g/mol. The van der Waals surface area contributed by atoms with Gasteiger partial charge in [0.25, 0.3) is 15.9 Å². The van der Waals surface area contributed by atoms with Crippen molar-refractivity contribution < 1.29 is 27.4 Å². The summed E-state index contributed by atoms with van der Waals surface area (Å²) in [6.45, 7) is -0.221. The van der Waals surface area contributed by atoms with Crippen LogP contribution in [0.5, 0.6) is 17.2 Å². The van der Waals surface area contributed by atoms with Crippen LogP contribution in [0.15, 0.2) is 77.7 Å². The molecule has 2 heterocycles. The Labute approximate surface area is 217 Å². The first-order valence-electron chi connectivity index (χ1n) is 11.1. The maximum absolute atomic E-state index is 13.6. The summed E-state index contributed by atoms with van der Waals surface area (Å²) in [6, 6.07) is 20.0. The van der Waals surface area contributed by atoms with Gasteiger partial charge in [-0.25, -0.2) is 8.42 Å². The molecule has 0 spiro atoms. The Kier molecular flexibility index (Phi) is 6.68. The van der Waals surface area contributed by atoms with Gasteiger partial charge < -0.3 is 14.2 Å². The summed E-state index contributed by atoms with van der Waals surface area (Å²) in [5, 5.41) is 11.8. The largest absolute Gasteiger partial charge is 0.497 e. The van der Waals surface area contributed by atoms with Gasteiger partial charge in [-0.15, -0.1) is 10.2 Å². The molecule has 0 radical (unpaired) electrons. The van der Waals surface area contributed by atoms with Crippen molar-refractivity contribution in [2.24, 2.45) is 0 Å². The van der Waals surface area contributed by atoms with E-state index in [1.165, 1.54) is 34.9 Å². The second kappa shape index (κ2) is 10.1. The summed E-state index contributed by atoms with van der Waals surface area (Å²) in [5.74, 6) is 0.986. The highest BCUT2D eigenvalue weighted by atomic mass is 32.2. The number of fused-ring (bicyclic) bond motifs is 1. The molecular formula is C25H22N4O6S2. The lowest BCUT2D eigenvalue weighted by Crippen LogP contribution is -2.48. The van der Waals surface area contributed by atoms with Crippen LogP contribution in [0.1, 0.15) is 0 Å². The van der Waals surface area contributed by atoms with Crippen LogP contribution in [0.4, 0.5) is 10.8 Å².